The van der Waals surface area contributed by atoms with Crippen molar-refractivity contribution in [3.8, 4) is 11.5 Å². The fourth-order valence-corrected chi connectivity index (χ4v) is 2.95. The smallest absolute Gasteiger partial charge is 0.267 e. The number of sulfonamides is 1. The number of carbonyl (C=O) groups excluding carboxylic acids is 1. The third kappa shape index (κ3) is 4.87. The highest BCUT2D eigenvalue weighted by atomic mass is 35.5. The molecule has 2 aromatic carbocycles. The Morgan fingerprint density at radius 1 is 1.15 bits per heavy atom. The fraction of sp³-hybridized carbons (Fsp3) is 0.235. The van der Waals surface area contributed by atoms with Gasteiger partial charge in [0.1, 0.15) is 16.4 Å². The van der Waals surface area contributed by atoms with Gasteiger partial charge in [-0.2, -0.15) is 0 Å². The van der Waals surface area contributed by atoms with Crippen molar-refractivity contribution in [3.05, 3.63) is 47.5 Å². The van der Waals surface area contributed by atoms with E-state index >= 15 is 0 Å². The van der Waals surface area contributed by atoms with E-state index in [4.69, 9.17) is 26.2 Å². The lowest BCUT2D eigenvalue weighted by Gasteiger charge is -2.25. The molecule has 0 fully saturated rings. The molecule has 140 valence electrons. The molecule has 2 aromatic rings. The zero-order valence-electron chi connectivity index (χ0n) is 14.4. The second-order valence-corrected chi connectivity index (χ2v) is 7.90. The Morgan fingerprint density at radius 3 is 2.31 bits per heavy atom. The number of nitrogens with two attached hydrogens (primary N) is 1. The highest BCUT2D eigenvalue weighted by Crippen LogP contribution is 2.27. The topological polar surface area (TPSA) is 108 Å². The van der Waals surface area contributed by atoms with Gasteiger partial charge in [-0.05, 0) is 56.3 Å². The van der Waals surface area contributed by atoms with Gasteiger partial charge < -0.3 is 14.8 Å². The van der Waals surface area contributed by atoms with Gasteiger partial charge in [-0.1, -0.05) is 11.6 Å². The first-order chi connectivity index (χ1) is 12.0. The zero-order chi connectivity index (χ0) is 19.5. The van der Waals surface area contributed by atoms with Crippen LogP contribution in [0.5, 0.6) is 11.5 Å². The number of hydrogen-bond donors (Lipinski definition) is 2. The minimum Gasteiger partial charge on any atom is -0.495 e. The van der Waals surface area contributed by atoms with Crippen molar-refractivity contribution < 1.29 is 22.7 Å². The number of anilines is 1. The molecular weight excluding hydrogens is 380 g/mol. The third-order valence-electron chi connectivity index (χ3n) is 3.46. The van der Waals surface area contributed by atoms with Gasteiger partial charge in [-0.25, -0.2) is 13.6 Å². The standard InChI is InChI=1S/C17H19ClN2O5S/c1-17(2,25-13-7-4-11(18)5-8-13)16(21)20-12-6-9-14(24-3)15(10-12)26(19,22)23/h4-10H,1-3H3,(H,20,21)(H2,19,22,23). The van der Waals surface area contributed by atoms with E-state index in [2.05, 4.69) is 5.32 Å². The summed E-state index contributed by atoms with van der Waals surface area (Å²) < 4.78 is 34.0. The quantitative estimate of drug-likeness (QED) is 0.777. The largest absolute Gasteiger partial charge is 0.495 e. The van der Waals surface area contributed by atoms with Crippen LogP contribution in [0.3, 0.4) is 0 Å². The number of carbonyl (C=O) groups is 1. The van der Waals surface area contributed by atoms with Crippen LogP contribution in [0.4, 0.5) is 5.69 Å². The first kappa shape index (κ1) is 20.0. The monoisotopic (exact) mass is 398 g/mol. The summed E-state index contributed by atoms with van der Waals surface area (Å²) in [6.07, 6.45) is 0. The van der Waals surface area contributed by atoms with Crippen LogP contribution in [0.15, 0.2) is 47.4 Å². The molecule has 0 aromatic heterocycles. The molecule has 0 unspecified atom stereocenters. The average Bonchev–Trinajstić information content (AvgIpc) is 2.56. The summed E-state index contributed by atoms with van der Waals surface area (Å²) in [6, 6.07) is 10.7. The molecule has 0 spiro atoms. The SMILES string of the molecule is COc1ccc(NC(=O)C(C)(C)Oc2ccc(Cl)cc2)cc1S(N)(=O)=O. The molecule has 26 heavy (non-hydrogen) atoms. The molecular formula is C17H19ClN2O5S. The highest BCUT2D eigenvalue weighted by Gasteiger charge is 2.30. The summed E-state index contributed by atoms with van der Waals surface area (Å²) in [5, 5.41) is 8.34. The number of amides is 1. The molecule has 0 saturated heterocycles. The summed E-state index contributed by atoms with van der Waals surface area (Å²) in [7, 11) is -2.69. The van der Waals surface area contributed by atoms with Gasteiger partial charge in [0.15, 0.2) is 5.60 Å². The van der Waals surface area contributed by atoms with Crippen LogP contribution >= 0.6 is 11.6 Å². The van der Waals surface area contributed by atoms with Gasteiger partial charge in [0, 0.05) is 10.7 Å². The van der Waals surface area contributed by atoms with Crippen LogP contribution in [-0.4, -0.2) is 27.0 Å². The predicted octanol–water partition coefficient (Wildman–Crippen LogP) is 2.79. The number of primary sulfonamides is 1. The van der Waals surface area contributed by atoms with E-state index in [1.807, 2.05) is 0 Å². The molecule has 0 heterocycles. The number of nitrogens with one attached hydrogen (secondary N) is 1. The number of halogens is 1. The Balaban J connectivity index is 2.21. The fourth-order valence-electron chi connectivity index (χ4n) is 2.10. The van der Waals surface area contributed by atoms with Gasteiger partial charge in [0.25, 0.3) is 5.91 Å². The number of hydrogen-bond acceptors (Lipinski definition) is 5. The maximum Gasteiger partial charge on any atom is 0.267 e. The van der Waals surface area contributed by atoms with Crippen LogP contribution in [0.25, 0.3) is 0 Å². The second kappa shape index (κ2) is 7.53. The molecule has 9 heteroatoms. The summed E-state index contributed by atoms with van der Waals surface area (Å²) >= 11 is 5.82. The van der Waals surface area contributed by atoms with Crippen molar-refractivity contribution in [3.63, 3.8) is 0 Å². The molecule has 1 amide bonds. The molecule has 0 atom stereocenters. The minimum absolute atomic E-state index is 0.0853. The van der Waals surface area contributed by atoms with Crippen molar-refractivity contribution in [1.82, 2.24) is 0 Å². The van der Waals surface area contributed by atoms with Crippen LogP contribution in [0.2, 0.25) is 5.02 Å². The van der Waals surface area contributed by atoms with E-state index in [9.17, 15) is 13.2 Å². The normalized spacial score (nSPS) is 11.7. The summed E-state index contributed by atoms with van der Waals surface area (Å²) in [5.41, 5.74) is -0.984. The number of methoxy groups -OCH3 is 1. The van der Waals surface area contributed by atoms with Gasteiger partial charge in [0.2, 0.25) is 10.0 Å². The number of rotatable bonds is 6. The Hall–Kier alpha value is -2.29. The van der Waals surface area contributed by atoms with Crippen molar-refractivity contribution in [1.29, 1.82) is 0 Å². The van der Waals surface area contributed by atoms with Crippen molar-refractivity contribution in [2.24, 2.45) is 5.14 Å². The Labute approximate surface area is 157 Å². The lowest BCUT2D eigenvalue weighted by molar-refractivity contribution is -0.128. The molecule has 0 aliphatic heterocycles. The highest BCUT2D eigenvalue weighted by molar-refractivity contribution is 7.89. The lowest BCUT2D eigenvalue weighted by Crippen LogP contribution is -2.42. The number of benzene rings is 2. The summed E-state index contributed by atoms with van der Waals surface area (Å²) in [5.74, 6) is 0.0784. The molecule has 0 aliphatic carbocycles. The molecule has 0 saturated carbocycles. The van der Waals surface area contributed by atoms with Crippen LogP contribution < -0.4 is 19.9 Å². The van der Waals surface area contributed by atoms with Gasteiger partial charge in [-0.15, -0.1) is 0 Å². The van der Waals surface area contributed by atoms with Crippen molar-refractivity contribution in [2.75, 3.05) is 12.4 Å². The third-order valence-corrected chi connectivity index (χ3v) is 4.65. The Bertz CT molecular complexity index is 911. The maximum absolute atomic E-state index is 12.5. The first-order valence-corrected chi connectivity index (χ1v) is 9.42. The van der Waals surface area contributed by atoms with E-state index in [-0.39, 0.29) is 16.3 Å². The molecule has 0 aliphatic rings. The van der Waals surface area contributed by atoms with E-state index in [0.29, 0.717) is 10.8 Å². The minimum atomic E-state index is -4.01. The van der Waals surface area contributed by atoms with Crippen LogP contribution in [0.1, 0.15) is 13.8 Å². The molecule has 3 N–H and O–H groups in total. The van der Waals surface area contributed by atoms with E-state index in [1.54, 1.807) is 38.1 Å². The summed E-state index contributed by atoms with van der Waals surface area (Å²) in [4.78, 5) is 12.3. The molecule has 7 nitrogen and oxygen atoms in total. The Morgan fingerprint density at radius 2 is 1.77 bits per heavy atom. The lowest BCUT2D eigenvalue weighted by atomic mass is 10.1. The average molecular weight is 399 g/mol. The Kier molecular flexibility index (Phi) is 5.80. The molecule has 2 rings (SSSR count). The number of ether oxygens (including phenoxy) is 2. The van der Waals surface area contributed by atoms with Crippen LogP contribution in [0, 0.1) is 0 Å². The predicted molar refractivity (Wildman–Crippen MR) is 99.2 cm³/mol. The summed E-state index contributed by atoms with van der Waals surface area (Å²) in [6.45, 7) is 3.17. The van der Waals surface area contributed by atoms with Crippen molar-refractivity contribution >= 4 is 33.2 Å². The molecule has 0 radical (unpaired) electrons. The van der Waals surface area contributed by atoms with Gasteiger partial charge >= 0.3 is 0 Å². The maximum atomic E-state index is 12.5. The van der Waals surface area contributed by atoms with Gasteiger partial charge in [0.05, 0.1) is 7.11 Å². The van der Waals surface area contributed by atoms with Crippen molar-refractivity contribution in [2.45, 2.75) is 24.3 Å². The van der Waals surface area contributed by atoms with E-state index < -0.39 is 21.5 Å². The van der Waals surface area contributed by atoms with E-state index in [1.165, 1.54) is 25.3 Å². The first-order valence-electron chi connectivity index (χ1n) is 7.50. The van der Waals surface area contributed by atoms with Crippen LogP contribution in [-0.2, 0) is 14.8 Å². The van der Waals surface area contributed by atoms with E-state index in [0.717, 1.165) is 0 Å². The van der Waals surface area contributed by atoms with Gasteiger partial charge in [-0.3, -0.25) is 4.79 Å². The zero-order valence-corrected chi connectivity index (χ0v) is 16.0. The second-order valence-electron chi connectivity index (χ2n) is 5.93. The molecule has 0 bridgehead atoms.